The van der Waals surface area contributed by atoms with Crippen LogP contribution < -0.4 is 14.8 Å². The largest absolute Gasteiger partial charge is 0.493 e. The number of hydrogen-bond donors (Lipinski definition) is 1. The lowest BCUT2D eigenvalue weighted by atomic mass is 9.97. The van der Waals surface area contributed by atoms with Gasteiger partial charge in [0, 0.05) is 29.6 Å². The van der Waals surface area contributed by atoms with E-state index in [-0.39, 0.29) is 11.6 Å². The molecule has 2 unspecified atom stereocenters. The Morgan fingerprint density at radius 1 is 1.14 bits per heavy atom. The summed E-state index contributed by atoms with van der Waals surface area (Å²) in [6, 6.07) is 8.99. The summed E-state index contributed by atoms with van der Waals surface area (Å²) in [4.78, 5) is 11.6. The molecular weight excluding hydrogens is 450 g/mol. The lowest BCUT2D eigenvalue weighted by Gasteiger charge is -2.24. The van der Waals surface area contributed by atoms with Gasteiger partial charge in [-0.3, -0.25) is 4.90 Å². The molecule has 2 aromatic carbocycles. The molecule has 3 aromatic rings. The van der Waals surface area contributed by atoms with E-state index < -0.39 is 6.43 Å². The highest BCUT2D eigenvalue weighted by Crippen LogP contribution is 2.49. The summed E-state index contributed by atoms with van der Waals surface area (Å²) in [6.45, 7) is 7.25. The third-order valence-electron chi connectivity index (χ3n) is 7.54. The molecular formula is C27H32F2N4O2. The molecule has 0 bridgehead atoms. The van der Waals surface area contributed by atoms with Gasteiger partial charge < -0.3 is 14.8 Å². The Hall–Kier alpha value is -3.00. The van der Waals surface area contributed by atoms with Crippen LogP contribution in [-0.4, -0.2) is 48.2 Å². The van der Waals surface area contributed by atoms with Gasteiger partial charge in [-0.15, -0.1) is 0 Å². The van der Waals surface area contributed by atoms with Crippen molar-refractivity contribution < 1.29 is 18.3 Å². The number of piperidine rings is 1. The number of likely N-dealkylation sites (N-methyl/N-ethyl adjacent to an activating group) is 1. The summed E-state index contributed by atoms with van der Waals surface area (Å²) < 4.78 is 38.8. The van der Waals surface area contributed by atoms with E-state index in [0.717, 1.165) is 34.8 Å². The van der Waals surface area contributed by atoms with Gasteiger partial charge >= 0.3 is 0 Å². The third-order valence-corrected chi connectivity index (χ3v) is 7.54. The number of hydrogen-bond acceptors (Lipinski definition) is 6. The Balaban J connectivity index is 1.46. The van der Waals surface area contributed by atoms with Crippen LogP contribution in [0.4, 0.5) is 14.6 Å². The number of ether oxygens (including phenoxy) is 2. The highest BCUT2D eigenvalue weighted by atomic mass is 19.3. The number of methoxy groups -OCH3 is 1. The fourth-order valence-electron chi connectivity index (χ4n) is 5.51. The number of fused-ring (bicyclic) bond motifs is 2. The molecule has 6 nitrogen and oxygen atoms in total. The standard InChI is InChI=1S/C27H32F2N4O2/c1-14-18(7-6-8-19(14)26(28)29)15(2)30-27-21-10-25(24(34-5)11-22(21)31-16(3)32-27)35-13-23-20-9-17(20)12-33(23)4/h6-8,10-11,15,17,20,23,26H,9,12-13H2,1-5H3,(H,30,31,32)/t15-,17?,20?,23-/m1/s1. The van der Waals surface area contributed by atoms with Gasteiger partial charge in [-0.2, -0.15) is 0 Å². The number of likely N-dealkylation sites (tertiary alicyclic amines) is 1. The summed E-state index contributed by atoms with van der Waals surface area (Å²) in [5.74, 6) is 4.05. The third kappa shape index (κ3) is 4.51. The SMILES string of the molecule is COc1cc2nc(C)nc(N[C@H](C)c3cccc(C(F)F)c3C)c2cc1OC[C@@H]1C2CC2CN1C. The van der Waals surface area contributed by atoms with Crippen molar-refractivity contribution in [3.63, 3.8) is 0 Å². The maximum atomic E-state index is 13.4. The molecule has 1 aliphatic carbocycles. The van der Waals surface area contributed by atoms with Crippen LogP contribution in [0.2, 0.25) is 0 Å². The lowest BCUT2D eigenvalue weighted by molar-refractivity contribution is 0.150. The van der Waals surface area contributed by atoms with Crippen molar-refractivity contribution in [2.24, 2.45) is 11.8 Å². The normalized spacial score (nSPS) is 22.3. The summed E-state index contributed by atoms with van der Waals surface area (Å²) >= 11 is 0. The monoisotopic (exact) mass is 482 g/mol. The second-order valence-electron chi connectivity index (χ2n) is 9.85. The molecule has 0 spiro atoms. The van der Waals surface area contributed by atoms with Crippen LogP contribution in [0, 0.1) is 25.7 Å². The average Bonchev–Trinajstić information content (AvgIpc) is 3.49. The molecule has 1 N–H and O–H groups in total. The number of aryl methyl sites for hydroxylation is 1. The fourth-order valence-corrected chi connectivity index (χ4v) is 5.51. The topological polar surface area (TPSA) is 59.5 Å². The molecule has 4 atom stereocenters. The number of aromatic nitrogens is 2. The van der Waals surface area contributed by atoms with E-state index in [0.29, 0.717) is 41.4 Å². The first-order chi connectivity index (χ1) is 16.8. The molecule has 2 aliphatic rings. The van der Waals surface area contributed by atoms with E-state index in [9.17, 15) is 8.78 Å². The van der Waals surface area contributed by atoms with Gasteiger partial charge in [0.05, 0.1) is 18.7 Å². The van der Waals surface area contributed by atoms with Crippen LogP contribution in [0.3, 0.4) is 0 Å². The maximum absolute atomic E-state index is 13.4. The van der Waals surface area contributed by atoms with Gasteiger partial charge in [0.25, 0.3) is 6.43 Å². The summed E-state index contributed by atoms with van der Waals surface area (Å²) in [7, 11) is 3.78. The number of nitrogens with one attached hydrogen (secondary N) is 1. The Labute approximate surface area is 204 Å². The van der Waals surface area contributed by atoms with E-state index in [1.807, 2.05) is 32.0 Å². The minimum absolute atomic E-state index is 0.0510. The highest BCUT2D eigenvalue weighted by Gasteiger charge is 2.51. The van der Waals surface area contributed by atoms with Gasteiger partial charge in [-0.05, 0) is 63.3 Å². The quantitative estimate of drug-likeness (QED) is 0.445. The Kier molecular flexibility index (Phi) is 6.25. The number of anilines is 1. The van der Waals surface area contributed by atoms with Crippen LogP contribution in [0.1, 0.15) is 48.3 Å². The van der Waals surface area contributed by atoms with Gasteiger partial charge in [0.1, 0.15) is 18.2 Å². The number of benzene rings is 2. The first kappa shape index (κ1) is 23.7. The minimum atomic E-state index is -2.51. The van der Waals surface area contributed by atoms with Gasteiger partial charge in [-0.25, -0.2) is 18.7 Å². The van der Waals surface area contributed by atoms with Crippen LogP contribution in [0.25, 0.3) is 10.9 Å². The zero-order chi connectivity index (χ0) is 24.9. The van der Waals surface area contributed by atoms with E-state index in [1.165, 1.54) is 12.5 Å². The van der Waals surface area contributed by atoms with E-state index >= 15 is 0 Å². The molecule has 5 rings (SSSR count). The Bertz CT molecular complexity index is 1250. The zero-order valence-corrected chi connectivity index (χ0v) is 20.8. The van der Waals surface area contributed by atoms with Crippen LogP contribution in [-0.2, 0) is 0 Å². The summed E-state index contributed by atoms with van der Waals surface area (Å²) in [5, 5.41) is 4.23. The summed E-state index contributed by atoms with van der Waals surface area (Å²) in [5.41, 5.74) is 2.17. The maximum Gasteiger partial charge on any atom is 0.264 e. The van der Waals surface area contributed by atoms with Crippen LogP contribution >= 0.6 is 0 Å². The smallest absolute Gasteiger partial charge is 0.264 e. The molecule has 35 heavy (non-hydrogen) atoms. The van der Waals surface area contributed by atoms with Gasteiger partial charge in [-0.1, -0.05) is 18.2 Å². The van der Waals surface area contributed by atoms with Crippen molar-refractivity contribution >= 4 is 16.7 Å². The van der Waals surface area contributed by atoms with Crippen LogP contribution in [0.5, 0.6) is 11.5 Å². The molecule has 0 amide bonds. The van der Waals surface area contributed by atoms with E-state index in [2.05, 4.69) is 27.2 Å². The molecule has 0 radical (unpaired) electrons. The zero-order valence-electron chi connectivity index (χ0n) is 20.8. The van der Waals surface area contributed by atoms with Crippen molar-refractivity contribution in [1.82, 2.24) is 14.9 Å². The highest BCUT2D eigenvalue weighted by molar-refractivity contribution is 5.92. The first-order valence-corrected chi connectivity index (χ1v) is 12.1. The Morgan fingerprint density at radius 2 is 1.91 bits per heavy atom. The molecule has 1 saturated heterocycles. The Morgan fingerprint density at radius 3 is 2.60 bits per heavy atom. The first-order valence-electron chi connectivity index (χ1n) is 12.1. The van der Waals surface area contributed by atoms with Crippen molar-refractivity contribution in [3.8, 4) is 11.5 Å². The van der Waals surface area contributed by atoms with Crippen LogP contribution in [0.15, 0.2) is 30.3 Å². The molecule has 1 aromatic heterocycles. The molecule has 8 heteroatoms. The average molecular weight is 483 g/mol. The molecule has 1 aliphatic heterocycles. The van der Waals surface area contributed by atoms with Crippen molar-refractivity contribution in [2.75, 3.05) is 32.6 Å². The van der Waals surface area contributed by atoms with E-state index in [4.69, 9.17) is 9.47 Å². The van der Waals surface area contributed by atoms with E-state index in [1.54, 1.807) is 20.1 Å². The number of rotatable bonds is 8. The van der Waals surface area contributed by atoms with Crippen molar-refractivity contribution in [3.05, 3.63) is 52.8 Å². The fraction of sp³-hybridized carbons (Fsp3) is 0.481. The predicted molar refractivity (Wildman–Crippen MR) is 133 cm³/mol. The van der Waals surface area contributed by atoms with Gasteiger partial charge in [0.15, 0.2) is 11.5 Å². The second kappa shape index (κ2) is 9.22. The predicted octanol–water partition coefficient (Wildman–Crippen LogP) is 5.69. The molecule has 1 saturated carbocycles. The molecule has 2 fully saturated rings. The van der Waals surface area contributed by atoms with Crippen molar-refractivity contribution in [2.45, 2.75) is 45.7 Å². The second-order valence-corrected chi connectivity index (χ2v) is 9.85. The molecule has 186 valence electrons. The number of nitrogens with zero attached hydrogens (tertiary/aromatic N) is 3. The van der Waals surface area contributed by atoms with Gasteiger partial charge in [0.2, 0.25) is 0 Å². The number of halogens is 2. The molecule has 2 heterocycles. The minimum Gasteiger partial charge on any atom is -0.493 e. The lowest BCUT2D eigenvalue weighted by Crippen LogP contribution is -2.34. The van der Waals surface area contributed by atoms with Crippen molar-refractivity contribution in [1.29, 1.82) is 0 Å². The number of alkyl halides is 2. The summed E-state index contributed by atoms with van der Waals surface area (Å²) in [6.07, 6.45) is -1.22.